The van der Waals surface area contributed by atoms with Gasteiger partial charge in [0.25, 0.3) is 0 Å². The standard InChI is InChI=1S/C15H14ClN5O/c1-8-6-19-21(9(8)2)15-14(18-7-13(17)20-15)10-3-4-12(22)11(16)5-10/h3-7,22H,1-2H3,(H2,17,20). The lowest BCUT2D eigenvalue weighted by Gasteiger charge is -2.11. The van der Waals surface area contributed by atoms with Crippen molar-refractivity contribution in [1.82, 2.24) is 19.7 Å². The Labute approximate surface area is 132 Å². The van der Waals surface area contributed by atoms with Gasteiger partial charge in [0, 0.05) is 11.3 Å². The zero-order valence-corrected chi connectivity index (χ0v) is 12.8. The summed E-state index contributed by atoms with van der Waals surface area (Å²) >= 11 is 5.98. The van der Waals surface area contributed by atoms with E-state index in [9.17, 15) is 5.11 Å². The second kappa shape index (κ2) is 5.31. The maximum atomic E-state index is 9.56. The molecule has 112 valence electrons. The van der Waals surface area contributed by atoms with Gasteiger partial charge in [-0.2, -0.15) is 5.10 Å². The topological polar surface area (TPSA) is 89.9 Å². The van der Waals surface area contributed by atoms with Crippen molar-refractivity contribution in [2.45, 2.75) is 13.8 Å². The SMILES string of the molecule is Cc1cnn(-c2nc(N)cnc2-c2ccc(O)c(Cl)c2)c1C. The van der Waals surface area contributed by atoms with Crippen LogP contribution >= 0.6 is 11.6 Å². The van der Waals surface area contributed by atoms with E-state index in [1.165, 1.54) is 12.3 Å². The highest BCUT2D eigenvalue weighted by molar-refractivity contribution is 6.32. The van der Waals surface area contributed by atoms with Gasteiger partial charge < -0.3 is 10.8 Å². The Balaban J connectivity index is 2.24. The molecule has 2 aromatic heterocycles. The van der Waals surface area contributed by atoms with Gasteiger partial charge in [0.15, 0.2) is 5.82 Å². The molecule has 3 aromatic rings. The Morgan fingerprint density at radius 2 is 2.00 bits per heavy atom. The minimum atomic E-state index is 0.0153. The van der Waals surface area contributed by atoms with Crippen LogP contribution in [0.1, 0.15) is 11.3 Å². The Morgan fingerprint density at radius 3 is 2.64 bits per heavy atom. The second-order valence-electron chi connectivity index (χ2n) is 4.96. The second-order valence-corrected chi connectivity index (χ2v) is 5.37. The molecule has 6 nitrogen and oxygen atoms in total. The van der Waals surface area contributed by atoms with E-state index in [4.69, 9.17) is 17.3 Å². The van der Waals surface area contributed by atoms with Crippen LogP contribution in [-0.4, -0.2) is 24.9 Å². The van der Waals surface area contributed by atoms with E-state index in [2.05, 4.69) is 15.1 Å². The highest BCUT2D eigenvalue weighted by Gasteiger charge is 2.15. The van der Waals surface area contributed by atoms with E-state index in [1.54, 1.807) is 23.0 Å². The number of nitrogen functional groups attached to an aromatic ring is 1. The molecule has 0 fully saturated rings. The Hall–Kier alpha value is -2.60. The van der Waals surface area contributed by atoms with Gasteiger partial charge in [-0.15, -0.1) is 0 Å². The van der Waals surface area contributed by atoms with Gasteiger partial charge in [0.1, 0.15) is 17.3 Å². The van der Waals surface area contributed by atoms with Gasteiger partial charge in [-0.1, -0.05) is 11.6 Å². The summed E-state index contributed by atoms with van der Waals surface area (Å²) < 4.78 is 1.69. The van der Waals surface area contributed by atoms with E-state index < -0.39 is 0 Å². The van der Waals surface area contributed by atoms with Gasteiger partial charge in [0.2, 0.25) is 0 Å². The molecular formula is C15H14ClN5O. The molecule has 0 radical (unpaired) electrons. The van der Waals surface area contributed by atoms with Crippen LogP contribution in [0.3, 0.4) is 0 Å². The number of hydrogen-bond acceptors (Lipinski definition) is 5. The third-order valence-electron chi connectivity index (χ3n) is 3.45. The van der Waals surface area contributed by atoms with Crippen LogP contribution in [0.25, 0.3) is 17.1 Å². The minimum Gasteiger partial charge on any atom is -0.506 e. The molecule has 0 amide bonds. The van der Waals surface area contributed by atoms with Crippen molar-refractivity contribution in [2.24, 2.45) is 0 Å². The molecule has 0 unspecified atom stereocenters. The maximum Gasteiger partial charge on any atom is 0.182 e. The summed E-state index contributed by atoms with van der Waals surface area (Å²) in [4.78, 5) is 8.71. The van der Waals surface area contributed by atoms with Crippen LogP contribution in [0.5, 0.6) is 5.75 Å². The van der Waals surface area contributed by atoms with Crippen molar-refractivity contribution in [3.63, 3.8) is 0 Å². The number of rotatable bonds is 2. The number of nitrogens with two attached hydrogens (primary N) is 1. The van der Waals surface area contributed by atoms with Crippen molar-refractivity contribution in [3.05, 3.63) is 46.9 Å². The first-order valence-corrected chi connectivity index (χ1v) is 6.98. The summed E-state index contributed by atoms with van der Waals surface area (Å²) in [5.74, 6) is 0.838. The molecule has 0 atom stereocenters. The lowest BCUT2D eigenvalue weighted by atomic mass is 10.1. The zero-order valence-electron chi connectivity index (χ0n) is 12.1. The van der Waals surface area contributed by atoms with Crippen molar-refractivity contribution in [1.29, 1.82) is 0 Å². The van der Waals surface area contributed by atoms with Crippen molar-refractivity contribution < 1.29 is 5.11 Å². The highest BCUT2D eigenvalue weighted by atomic mass is 35.5. The van der Waals surface area contributed by atoms with Crippen LogP contribution in [0, 0.1) is 13.8 Å². The fraction of sp³-hybridized carbons (Fsp3) is 0.133. The number of phenols is 1. The number of benzene rings is 1. The Kier molecular flexibility index (Phi) is 3.46. The largest absolute Gasteiger partial charge is 0.506 e. The molecule has 2 heterocycles. The molecule has 3 N–H and O–H groups in total. The van der Waals surface area contributed by atoms with Crippen molar-refractivity contribution in [3.8, 4) is 22.8 Å². The Bertz CT molecular complexity index is 859. The normalized spacial score (nSPS) is 10.9. The third kappa shape index (κ3) is 2.37. The van der Waals surface area contributed by atoms with Gasteiger partial charge in [0.05, 0.1) is 17.4 Å². The fourth-order valence-corrected chi connectivity index (χ4v) is 2.28. The van der Waals surface area contributed by atoms with E-state index in [1.807, 2.05) is 13.8 Å². The summed E-state index contributed by atoms with van der Waals surface area (Å²) in [6.45, 7) is 3.91. The van der Waals surface area contributed by atoms with Crippen LogP contribution in [0.4, 0.5) is 5.82 Å². The molecule has 1 aromatic carbocycles. The van der Waals surface area contributed by atoms with Gasteiger partial charge in [-0.25, -0.2) is 14.6 Å². The van der Waals surface area contributed by atoms with Crippen LogP contribution in [0.15, 0.2) is 30.6 Å². The number of phenolic OH excluding ortho intramolecular Hbond substituents is 1. The van der Waals surface area contributed by atoms with Gasteiger partial charge in [-0.3, -0.25) is 0 Å². The predicted octanol–water partition coefficient (Wildman–Crippen LogP) is 2.89. The molecule has 0 aliphatic rings. The van der Waals surface area contributed by atoms with E-state index in [0.717, 1.165) is 16.8 Å². The summed E-state index contributed by atoms with van der Waals surface area (Å²) in [6, 6.07) is 4.86. The zero-order chi connectivity index (χ0) is 15.9. The lowest BCUT2D eigenvalue weighted by molar-refractivity contribution is 0.475. The number of aromatic nitrogens is 4. The average Bonchev–Trinajstić information content (AvgIpc) is 2.82. The first-order valence-electron chi connectivity index (χ1n) is 6.60. The highest BCUT2D eigenvalue weighted by Crippen LogP contribution is 2.31. The molecule has 0 bridgehead atoms. The van der Waals surface area contributed by atoms with Crippen LogP contribution in [-0.2, 0) is 0 Å². The molecule has 22 heavy (non-hydrogen) atoms. The molecule has 0 spiro atoms. The first-order chi connectivity index (χ1) is 10.5. The fourth-order valence-electron chi connectivity index (χ4n) is 2.10. The number of aromatic hydroxyl groups is 1. The van der Waals surface area contributed by atoms with Crippen molar-refractivity contribution in [2.75, 3.05) is 5.73 Å². The minimum absolute atomic E-state index is 0.0153. The van der Waals surface area contributed by atoms with E-state index in [-0.39, 0.29) is 10.8 Å². The summed E-state index contributed by atoms with van der Waals surface area (Å²) in [5, 5.41) is 14.1. The smallest absolute Gasteiger partial charge is 0.182 e. The molecule has 0 saturated carbocycles. The maximum absolute atomic E-state index is 9.56. The molecule has 7 heteroatoms. The molecule has 3 rings (SSSR count). The average molecular weight is 316 g/mol. The number of halogens is 1. The number of hydrogen-bond donors (Lipinski definition) is 2. The molecule has 0 saturated heterocycles. The summed E-state index contributed by atoms with van der Waals surface area (Å²) in [5.41, 5.74) is 9.07. The van der Waals surface area contributed by atoms with Crippen molar-refractivity contribution >= 4 is 17.4 Å². The van der Waals surface area contributed by atoms with E-state index >= 15 is 0 Å². The number of nitrogens with zero attached hydrogens (tertiary/aromatic N) is 4. The number of aryl methyl sites for hydroxylation is 1. The Morgan fingerprint density at radius 1 is 1.23 bits per heavy atom. The van der Waals surface area contributed by atoms with Gasteiger partial charge >= 0.3 is 0 Å². The monoisotopic (exact) mass is 315 g/mol. The molecule has 0 aliphatic carbocycles. The number of anilines is 1. The third-order valence-corrected chi connectivity index (χ3v) is 3.75. The predicted molar refractivity (Wildman–Crippen MR) is 85.2 cm³/mol. The van der Waals surface area contributed by atoms with E-state index in [0.29, 0.717) is 17.3 Å². The van der Waals surface area contributed by atoms with Crippen LogP contribution in [0.2, 0.25) is 5.02 Å². The summed E-state index contributed by atoms with van der Waals surface area (Å²) in [6.07, 6.45) is 3.24. The quantitative estimate of drug-likeness (QED) is 0.759. The molecule has 0 aliphatic heterocycles. The lowest BCUT2D eigenvalue weighted by Crippen LogP contribution is -2.08. The van der Waals surface area contributed by atoms with Gasteiger partial charge in [-0.05, 0) is 37.6 Å². The molecular weight excluding hydrogens is 302 g/mol. The van der Waals surface area contributed by atoms with Crippen LogP contribution < -0.4 is 5.73 Å². The first kappa shape index (κ1) is 14.3. The summed E-state index contributed by atoms with van der Waals surface area (Å²) in [7, 11) is 0.